The van der Waals surface area contributed by atoms with Crippen molar-refractivity contribution < 1.29 is 25.2 Å². The first-order valence-corrected chi connectivity index (χ1v) is 11.2. The minimum atomic E-state index is -4.26. The van der Waals surface area contributed by atoms with E-state index in [0.29, 0.717) is 0 Å². The molecule has 2 aromatic carbocycles. The highest BCUT2D eigenvalue weighted by Crippen LogP contribution is 2.30. The van der Waals surface area contributed by atoms with Crippen molar-refractivity contribution in [2.24, 2.45) is 22.9 Å². The lowest BCUT2D eigenvalue weighted by Crippen LogP contribution is -2.30. The van der Waals surface area contributed by atoms with E-state index >= 15 is 0 Å². The summed E-state index contributed by atoms with van der Waals surface area (Å²) >= 11 is 0. The lowest BCUT2D eigenvalue weighted by molar-refractivity contribution is 0.208. The first-order chi connectivity index (χ1) is 13.1. The Hall–Kier alpha value is -1.64. The molecule has 12 heteroatoms. The highest BCUT2D eigenvalue weighted by atomic mass is 32.2. The monoisotopic (exact) mass is 432 g/mol. The van der Waals surface area contributed by atoms with Gasteiger partial charge in [0.1, 0.15) is 22.2 Å². The second-order valence-electron chi connectivity index (χ2n) is 5.94. The molecule has 2 aromatic rings. The molecule has 0 amide bonds. The van der Waals surface area contributed by atoms with Gasteiger partial charge in [0.15, 0.2) is 0 Å². The van der Waals surface area contributed by atoms with Crippen LogP contribution in [0.5, 0.6) is 0 Å². The van der Waals surface area contributed by atoms with E-state index in [9.17, 15) is 16.8 Å². The Morgan fingerprint density at radius 2 is 1.07 bits per heavy atom. The van der Waals surface area contributed by atoms with Crippen molar-refractivity contribution in [1.82, 2.24) is 0 Å². The molecule has 0 aliphatic carbocycles. The van der Waals surface area contributed by atoms with Crippen LogP contribution < -0.4 is 22.9 Å². The fourth-order valence-corrected chi connectivity index (χ4v) is 4.98. The molecule has 0 radical (unpaired) electrons. The van der Waals surface area contributed by atoms with Crippen molar-refractivity contribution in [3.05, 3.63) is 36.4 Å². The van der Waals surface area contributed by atoms with E-state index in [1.165, 1.54) is 36.4 Å². The van der Waals surface area contributed by atoms with Gasteiger partial charge in [-0.1, -0.05) is 24.3 Å². The fourth-order valence-electron chi connectivity index (χ4n) is 2.54. The molecule has 0 saturated heterocycles. The Morgan fingerprint density at radius 3 is 1.39 bits per heavy atom. The van der Waals surface area contributed by atoms with Gasteiger partial charge in [-0.15, -0.1) is 0 Å². The molecule has 0 bridgehead atoms. The van der Waals surface area contributed by atoms with Gasteiger partial charge in [-0.3, -0.25) is 0 Å². The van der Waals surface area contributed by atoms with Crippen LogP contribution in [0.1, 0.15) is 12.8 Å². The smallest absolute Gasteiger partial charge is 0.299 e. The van der Waals surface area contributed by atoms with Crippen molar-refractivity contribution >= 4 is 31.0 Å². The second-order valence-corrected chi connectivity index (χ2v) is 9.02. The summed E-state index contributed by atoms with van der Waals surface area (Å²) in [6.07, 6.45) is -1.96. The predicted octanol–water partition coefficient (Wildman–Crippen LogP) is -0.482. The zero-order valence-electron chi connectivity index (χ0n) is 15.0. The van der Waals surface area contributed by atoms with Gasteiger partial charge in [0.05, 0.1) is 0 Å². The molecule has 0 aromatic heterocycles. The molecule has 156 valence electrons. The predicted molar refractivity (Wildman–Crippen MR) is 104 cm³/mol. The first kappa shape index (κ1) is 22.6. The summed E-state index contributed by atoms with van der Waals surface area (Å²) in [4.78, 5) is -0.443. The Bertz CT molecular complexity index is 943. The molecule has 2 rings (SSSR count). The number of hydrogen-bond donors (Lipinski definition) is 4. The number of benzene rings is 2. The summed E-state index contributed by atoms with van der Waals surface area (Å²) in [5, 5.41) is 0.277. The Morgan fingerprint density at radius 1 is 0.714 bits per heavy atom. The van der Waals surface area contributed by atoms with Gasteiger partial charge in [0, 0.05) is 23.6 Å². The molecule has 2 atom stereocenters. The van der Waals surface area contributed by atoms with E-state index < -0.39 is 32.7 Å². The molecule has 0 heterocycles. The zero-order valence-corrected chi connectivity index (χ0v) is 16.7. The molecule has 8 N–H and O–H groups in total. The molecule has 0 spiro atoms. The van der Waals surface area contributed by atoms with E-state index in [2.05, 4.69) is 0 Å². The summed E-state index contributed by atoms with van der Waals surface area (Å²) < 4.78 is 60.3. The number of nitrogens with two attached hydrogens (primary N) is 4. The fraction of sp³-hybridized carbons (Fsp3) is 0.375. The topological polar surface area (TPSA) is 191 Å². The molecule has 0 fully saturated rings. The number of fused-ring (bicyclic) bond motifs is 1. The minimum Gasteiger partial charge on any atom is -0.330 e. The van der Waals surface area contributed by atoms with Gasteiger partial charge in [0.2, 0.25) is 0 Å². The Labute approximate surface area is 164 Å². The van der Waals surface area contributed by atoms with E-state index in [0.717, 1.165) is 0 Å². The van der Waals surface area contributed by atoms with E-state index in [4.69, 9.17) is 31.3 Å². The van der Waals surface area contributed by atoms with Crippen molar-refractivity contribution in [2.45, 2.75) is 35.1 Å². The second kappa shape index (κ2) is 9.24. The highest BCUT2D eigenvalue weighted by molar-refractivity contribution is 7.87. The van der Waals surface area contributed by atoms with Crippen molar-refractivity contribution in [3.63, 3.8) is 0 Å². The van der Waals surface area contributed by atoms with Crippen molar-refractivity contribution in [2.75, 3.05) is 13.1 Å². The average molecular weight is 433 g/mol. The minimum absolute atomic E-state index is 0.135. The van der Waals surface area contributed by atoms with Gasteiger partial charge in [-0.25, -0.2) is 8.37 Å². The highest BCUT2D eigenvalue weighted by Gasteiger charge is 2.26. The largest absolute Gasteiger partial charge is 0.330 e. The third-order valence-corrected chi connectivity index (χ3v) is 6.57. The van der Waals surface area contributed by atoms with Gasteiger partial charge in [0.25, 0.3) is 20.2 Å². The molecular formula is C16H24N4O6S2. The SMILES string of the molecule is NCCC(N)OS(=O)(=O)c1cccc2c(S(=O)(=O)OC(N)CCN)cccc12. The molecule has 2 unspecified atom stereocenters. The van der Waals surface area contributed by atoms with Gasteiger partial charge in [-0.05, 0) is 25.2 Å². The van der Waals surface area contributed by atoms with Crippen LogP contribution in [0.15, 0.2) is 46.2 Å². The molecular weight excluding hydrogens is 408 g/mol. The normalized spacial score (nSPS) is 14.9. The number of rotatable bonds is 10. The van der Waals surface area contributed by atoms with Crippen LogP contribution in [0.4, 0.5) is 0 Å². The first-order valence-electron chi connectivity index (χ1n) is 8.42. The summed E-state index contributed by atoms with van der Waals surface area (Å²) in [6.45, 7) is 0.296. The molecule has 0 aliphatic rings. The molecule has 28 heavy (non-hydrogen) atoms. The van der Waals surface area contributed by atoms with Gasteiger partial charge >= 0.3 is 0 Å². The molecule has 0 aliphatic heterocycles. The quantitative estimate of drug-likeness (QED) is 0.281. The van der Waals surface area contributed by atoms with E-state index in [1.807, 2.05) is 0 Å². The molecule has 10 nitrogen and oxygen atoms in total. The lowest BCUT2D eigenvalue weighted by atomic mass is 10.1. The Balaban J connectivity index is 2.54. The zero-order chi connectivity index (χ0) is 20.9. The van der Waals surface area contributed by atoms with Crippen molar-refractivity contribution in [3.8, 4) is 0 Å². The molecule has 0 saturated carbocycles. The van der Waals surface area contributed by atoms with Crippen LogP contribution in [-0.2, 0) is 28.6 Å². The maximum absolute atomic E-state index is 12.6. The van der Waals surface area contributed by atoms with Crippen LogP contribution >= 0.6 is 0 Å². The van der Waals surface area contributed by atoms with Gasteiger partial charge < -0.3 is 22.9 Å². The summed E-state index contributed by atoms with van der Waals surface area (Å²) in [7, 11) is -8.52. The van der Waals surface area contributed by atoms with E-state index in [-0.39, 0.29) is 46.5 Å². The number of hydrogen-bond acceptors (Lipinski definition) is 10. The standard InChI is InChI=1S/C16H24N4O6S2/c17-9-7-15(19)25-27(21,22)13-5-1-3-11-12(13)4-2-6-14(11)28(23,24)26-16(20)8-10-18/h1-6,15-16H,7-10,17-20H2. The van der Waals surface area contributed by atoms with Crippen molar-refractivity contribution in [1.29, 1.82) is 0 Å². The summed E-state index contributed by atoms with van der Waals surface area (Å²) in [5.74, 6) is 0. The van der Waals surface area contributed by atoms with E-state index in [1.54, 1.807) is 0 Å². The van der Waals surface area contributed by atoms with Crippen LogP contribution in [0.25, 0.3) is 10.8 Å². The lowest BCUT2D eigenvalue weighted by Gasteiger charge is -2.16. The Kier molecular flexibility index (Phi) is 7.47. The third kappa shape index (κ3) is 5.24. The van der Waals surface area contributed by atoms with Crippen LogP contribution in [0.3, 0.4) is 0 Å². The van der Waals surface area contributed by atoms with Gasteiger partial charge in [-0.2, -0.15) is 16.8 Å². The summed E-state index contributed by atoms with van der Waals surface area (Å²) in [6, 6.07) is 8.30. The summed E-state index contributed by atoms with van der Waals surface area (Å²) in [5.41, 5.74) is 21.9. The van der Waals surface area contributed by atoms with Crippen LogP contribution in [0, 0.1) is 0 Å². The van der Waals surface area contributed by atoms with Crippen LogP contribution in [0.2, 0.25) is 0 Å². The maximum Gasteiger partial charge on any atom is 0.299 e. The van der Waals surface area contributed by atoms with Crippen LogP contribution in [-0.4, -0.2) is 42.4 Å². The maximum atomic E-state index is 12.6. The average Bonchev–Trinajstić information content (AvgIpc) is 2.60. The third-order valence-electron chi connectivity index (χ3n) is 3.78.